The maximum Gasteiger partial charge on any atom is 0.358 e. The molecule has 0 N–H and O–H groups in total. The second-order valence-corrected chi connectivity index (χ2v) is 7.00. The molecule has 0 saturated carbocycles. The highest BCUT2D eigenvalue weighted by Gasteiger charge is 2.19. The zero-order valence-corrected chi connectivity index (χ0v) is 14.5. The Morgan fingerprint density at radius 3 is 2.48 bits per heavy atom. The van der Waals surface area contributed by atoms with Gasteiger partial charge in [0.05, 0.1) is 0 Å². The van der Waals surface area contributed by atoms with E-state index in [1.54, 1.807) is 38.3 Å². The van der Waals surface area contributed by atoms with Crippen LogP contribution in [-0.2, 0) is 14.3 Å². The molecule has 122 valence electrons. The van der Waals surface area contributed by atoms with E-state index in [1.807, 2.05) is 12.1 Å². The van der Waals surface area contributed by atoms with Gasteiger partial charge in [-0.15, -0.1) is 11.3 Å². The fourth-order valence-electron chi connectivity index (χ4n) is 1.66. The average molecular weight is 354 g/mol. The SMILES string of the molecule is CC(C)(C)OC(=O)COC(=O)c1csc(-c2ccc(Cl)cc2)n1. The molecule has 0 aliphatic heterocycles. The van der Waals surface area contributed by atoms with Crippen molar-refractivity contribution >= 4 is 34.9 Å². The summed E-state index contributed by atoms with van der Waals surface area (Å²) in [6, 6.07) is 7.13. The number of carbonyl (C=O) groups is 2. The van der Waals surface area contributed by atoms with Gasteiger partial charge in [-0.05, 0) is 32.9 Å². The Labute approximate surface area is 143 Å². The van der Waals surface area contributed by atoms with Crippen molar-refractivity contribution in [1.29, 1.82) is 0 Å². The number of hydrogen-bond donors (Lipinski definition) is 0. The lowest BCUT2D eigenvalue weighted by molar-refractivity contribution is -0.158. The third-order valence-corrected chi connectivity index (χ3v) is 3.69. The molecule has 5 nitrogen and oxygen atoms in total. The van der Waals surface area contributed by atoms with Crippen LogP contribution in [0.1, 0.15) is 31.3 Å². The number of esters is 2. The lowest BCUT2D eigenvalue weighted by atomic mass is 10.2. The van der Waals surface area contributed by atoms with Crippen LogP contribution >= 0.6 is 22.9 Å². The van der Waals surface area contributed by atoms with E-state index in [-0.39, 0.29) is 5.69 Å². The minimum atomic E-state index is -0.660. The van der Waals surface area contributed by atoms with Gasteiger partial charge in [-0.3, -0.25) is 0 Å². The van der Waals surface area contributed by atoms with Gasteiger partial charge in [-0.1, -0.05) is 23.7 Å². The third kappa shape index (κ3) is 5.33. The molecule has 2 aromatic rings. The first-order valence-electron chi connectivity index (χ1n) is 6.85. The predicted molar refractivity (Wildman–Crippen MR) is 88.7 cm³/mol. The Bertz CT molecular complexity index is 704. The monoisotopic (exact) mass is 353 g/mol. The quantitative estimate of drug-likeness (QED) is 0.778. The maximum atomic E-state index is 11.9. The molecule has 0 aliphatic carbocycles. The average Bonchev–Trinajstić information content (AvgIpc) is 2.93. The number of ether oxygens (including phenoxy) is 2. The number of aromatic nitrogens is 1. The van der Waals surface area contributed by atoms with Crippen molar-refractivity contribution in [2.75, 3.05) is 6.61 Å². The molecule has 0 atom stereocenters. The first-order chi connectivity index (χ1) is 10.7. The van der Waals surface area contributed by atoms with Crippen LogP contribution in [-0.4, -0.2) is 29.1 Å². The number of rotatable bonds is 4. The van der Waals surface area contributed by atoms with Gasteiger partial charge in [-0.2, -0.15) is 0 Å². The van der Waals surface area contributed by atoms with Gasteiger partial charge >= 0.3 is 11.9 Å². The largest absolute Gasteiger partial charge is 0.457 e. The topological polar surface area (TPSA) is 65.5 Å². The minimum absolute atomic E-state index is 0.156. The summed E-state index contributed by atoms with van der Waals surface area (Å²) >= 11 is 7.15. The van der Waals surface area contributed by atoms with Gasteiger partial charge in [0.25, 0.3) is 0 Å². The highest BCUT2D eigenvalue weighted by atomic mass is 35.5. The molecule has 0 spiro atoms. The van der Waals surface area contributed by atoms with Crippen LogP contribution in [0.2, 0.25) is 5.02 Å². The van der Waals surface area contributed by atoms with Gasteiger partial charge in [-0.25, -0.2) is 14.6 Å². The van der Waals surface area contributed by atoms with Crippen LogP contribution < -0.4 is 0 Å². The molecule has 0 saturated heterocycles. The molecule has 7 heteroatoms. The summed E-state index contributed by atoms with van der Waals surface area (Å²) in [5, 5.41) is 2.88. The lowest BCUT2D eigenvalue weighted by Gasteiger charge is -2.19. The van der Waals surface area contributed by atoms with Crippen molar-refractivity contribution in [3.05, 3.63) is 40.4 Å². The molecule has 1 aromatic carbocycles. The normalized spacial score (nSPS) is 11.1. The molecule has 0 fully saturated rings. The lowest BCUT2D eigenvalue weighted by Crippen LogP contribution is -2.27. The van der Waals surface area contributed by atoms with Gasteiger partial charge in [0.1, 0.15) is 10.6 Å². The summed E-state index contributed by atoms with van der Waals surface area (Å²) in [6.07, 6.45) is 0. The highest BCUT2D eigenvalue weighted by molar-refractivity contribution is 7.13. The van der Waals surface area contributed by atoms with Crippen molar-refractivity contribution in [2.24, 2.45) is 0 Å². The first kappa shape index (κ1) is 17.4. The first-order valence-corrected chi connectivity index (χ1v) is 8.11. The Morgan fingerprint density at radius 1 is 1.22 bits per heavy atom. The van der Waals surface area contributed by atoms with Gasteiger partial charge in [0.15, 0.2) is 12.3 Å². The highest BCUT2D eigenvalue weighted by Crippen LogP contribution is 2.25. The van der Waals surface area contributed by atoms with E-state index in [2.05, 4.69) is 4.98 Å². The van der Waals surface area contributed by atoms with E-state index < -0.39 is 24.1 Å². The van der Waals surface area contributed by atoms with Crippen LogP contribution in [0.5, 0.6) is 0 Å². The van der Waals surface area contributed by atoms with Crippen molar-refractivity contribution in [1.82, 2.24) is 4.98 Å². The minimum Gasteiger partial charge on any atom is -0.457 e. The summed E-state index contributed by atoms with van der Waals surface area (Å²) < 4.78 is 9.98. The molecule has 2 rings (SSSR count). The van der Waals surface area contributed by atoms with Gasteiger partial charge in [0.2, 0.25) is 0 Å². The molecule has 1 aromatic heterocycles. The van der Waals surface area contributed by atoms with Crippen molar-refractivity contribution in [3.8, 4) is 10.6 Å². The Morgan fingerprint density at radius 2 is 1.87 bits per heavy atom. The Kier molecular flexibility index (Phi) is 5.38. The molecular weight excluding hydrogens is 338 g/mol. The molecule has 0 amide bonds. The fraction of sp³-hybridized carbons (Fsp3) is 0.312. The van der Waals surface area contributed by atoms with Crippen molar-refractivity contribution < 1.29 is 19.1 Å². The number of thiazole rings is 1. The molecular formula is C16H16ClNO4S. The van der Waals surface area contributed by atoms with Gasteiger partial charge in [0, 0.05) is 16.0 Å². The molecule has 0 bridgehead atoms. The molecule has 1 heterocycles. The van der Waals surface area contributed by atoms with E-state index in [0.717, 1.165) is 5.56 Å². The van der Waals surface area contributed by atoms with Crippen LogP contribution in [0.4, 0.5) is 0 Å². The summed E-state index contributed by atoms with van der Waals surface area (Å²) in [4.78, 5) is 27.6. The van der Waals surface area contributed by atoms with E-state index >= 15 is 0 Å². The van der Waals surface area contributed by atoms with Crippen molar-refractivity contribution in [3.63, 3.8) is 0 Å². The zero-order valence-electron chi connectivity index (χ0n) is 13.0. The summed E-state index contributed by atoms with van der Waals surface area (Å²) in [5.41, 5.74) is 0.389. The standard InChI is InChI=1S/C16H16ClNO4S/c1-16(2,3)22-13(19)8-21-15(20)12-9-23-14(18-12)10-4-6-11(17)7-5-10/h4-7,9H,8H2,1-3H3. The molecule has 23 heavy (non-hydrogen) atoms. The van der Waals surface area contributed by atoms with Crippen LogP contribution in [0.25, 0.3) is 10.6 Å². The number of hydrogen-bond acceptors (Lipinski definition) is 6. The summed E-state index contributed by atoms with van der Waals surface area (Å²) in [7, 11) is 0. The molecule has 0 unspecified atom stereocenters. The third-order valence-electron chi connectivity index (χ3n) is 2.55. The number of carbonyl (C=O) groups excluding carboxylic acids is 2. The van der Waals surface area contributed by atoms with E-state index in [9.17, 15) is 9.59 Å². The van der Waals surface area contributed by atoms with E-state index in [4.69, 9.17) is 21.1 Å². The number of nitrogens with zero attached hydrogens (tertiary/aromatic N) is 1. The summed E-state index contributed by atoms with van der Waals surface area (Å²) in [6.45, 7) is 4.78. The number of halogens is 1. The zero-order chi connectivity index (χ0) is 17.0. The number of benzene rings is 1. The Hall–Kier alpha value is -1.92. The fourth-order valence-corrected chi connectivity index (χ4v) is 2.58. The van der Waals surface area contributed by atoms with Crippen molar-refractivity contribution in [2.45, 2.75) is 26.4 Å². The predicted octanol–water partition coefficient (Wildman–Crippen LogP) is 3.96. The van der Waals surface area contributed by atoms with Crippen LogP contribution in [0.15, 0.2) is 29.6 Å². The molecule has 0 radical (unpaired) electrons. The van der Waals surface area contributed by atoms with Crippen LogP contribution in [0, 0.1) is 0 Å². The second kappa shape index (κ2) is 7.10. The molecule has 0 aliphatic rings. The smallest absolute Gasteiger partial charge is 0.358 e. The summed E-state index contributed by atoms with van der Waals surface area (Å²) in [5.74, 6) is -1.26. The maximum absolute atomic E-state index is 11.9. The Balaban J connectivity index is 1.96. The van der Waals surface area contributed by atoms with E-state index in [1.165, 1.54) is 11.3 Å². The second-order valence-electron chi connectivity index (χ2n) is 5.71. The van der Waals surface area contributed by atoms with Crippen LogP contribution in [0.3, 0.4) is 0 Å². The van der Waals surface area contributed by atoms with Gasteiger partial charge < -0.3 is 9.47 Å². The van der Waals surface area contributed by atoms with E-state index in [0.29, 0.717) is 10.0 Å².